The normalized spacial score (nSPS) is 18.8. The Balaban J connectivity index is 1.14. The smallest absolute Gasteiger partial charge is 0.237 e. The second-order valence-electron chi connectivity index (χ2n) is 13.5. The first-order valence-corrected chi connectivity index (χ1v) is 18.0. The topological polar surface area (TPSA) is 122 Å². The number of hydrogen-bond acceptors (Lipinski definition) is 9. The van der Waals surface area contributed by atoms with Gasteiger partial charge >= 0.3 is 0 Å². The van der Waals surface area contributed by atoms with Crippen molar-refractivity contribution in [2.75, 3.05) is 46.9 Å². The van der Waals surface area contributed by atoms with E-state index in [0.29, 0.717) is 48.5 Å². The van der Waals surface area contributed by atoms with E-state index in [9.17, 15) is 9.59 Å². The summed E-state index contributed by atoms with van der Waals surface area (Å²) in [5.74, 6) is 1.32. The summed E-state index contributed by atoms with van der Waals surface area (Å²) in [5, 5.41) is 7.30. The standard InChI is InChI=1S/C39H44ClN7O4/c1-23-27(7-5-8-28(23)33-21-42-34(38(45-33)50-3)22-46-15-17-47(18-16-46)24(2)48)29-9-6-10-30(37(29)40)32-19-25-11-13-31(36(25)39(44-32)51-4)41-20-26-12-14-35(49)43-26/h5-10,19,21,26,31,41H,11-18,20,22H2,1-4H3,(H,43,49)/t26-,31-/m0/s1. The van der Waals surface area contributed by atoms with Crippen LogP contribution in [0, 0.1) is 6.92 Å². The molecule has 4 heterocycles. The number of amides is 2. The second-order valence-corrected chi connectivity index (χ2v) is 13.9. The molecule has 0 radical (unpaired) electrons. The van der Waals surface area contributed by atoms with Crippen LogP contribution in [-0.2, 0) is 22.6 Å². The minimum absolute atomic E-state index is 0.109. The summed E-state index contributed by atoms with van der Waals surface area (Å²) >= 11 is 7.24. The molecule has 2 aliphatic heterocycles. The minimum Gasteiger partial charge on any atom is -0.481 e. The van der Waals surface area contributed by atoms with Crippen LogP contribution >= 0.6 is 11.6 Å². The largest absolute Gasteiger partial charge is 0.481 e. The number of ether oxygens (including phenoxy) is 2. The summed E-state index contributed by atoms with van der Waals surface area (Å²) in [6.45, 7) is 7.97. The van der Waals surface area contributed by atoms with Crippen LogP contribution < -0.4 is 20.1 Å². The molecule has 12 heteroatoms. The first kappa shape index (κ1) is 34.9. The van der Waals surface area contributed by atoms with Crippen LogP contribution in [0.3, 0.4) is 0 Å². The number of halogens is 1. The van der Waals surface area contributed by atoms with Gasteiger partial charge in [0.15, 0.2) is 0 Å². The van der Waals surface area contributed by atoms with Crippen molar-refractivity contribution < 1.29 is 19.1 Å². The van der Waals surface area contributed by atoms with E-state index in [1.807, 2.05) is 35.2 Å². The van der Waals surface area contributed by atoms with E-state index < -0.39 is 0 Å². The number of nitrogens with one attached hydrogen (secondary N) is 2. The fourth-order valence-corrected chi connectivity index (χ4v) is 7.92. The van der Waals surface area contributed by atoms with Crippen molar-refractivity contribution in [1.82, 2.24) is 35.4 Å². The van der Waals surface area contributed by atoms with Crippen LogP contribution in [0.25, 0.3) is 33.6 Å². The molecule has 11 nitrogen and oxygen atoms in total. The zero-order valence-electron chi connectivity index (χ0n) is 29.6. The van der Waals surface area contributed by atoms with Crippen LogP contribution in [0.4, 0.5) is 0 Å². The van der Waals surface area contributed by atoms with Gasteiger partial charge in [-0.25, -0.2) is 9.97 Å². The van der Waals surface area contributed by atoms with Gasteiger partial charge in [0.25, 0.3) is 0 Å². The number of hydrogen-bond donors (Lipinski definition) is 2. The van der Waals surface area contributed by atoms with Crippen molar-refractivity contribution >= 4 is 23.4 Å². The summed E-state index contributed by atoms with van der Waals surface area (Å²) < 4.78 is 11.6. The van der Waals surface area contributed by atoms with Crippen molar-refractivity contribution in [3.63, 3.8) is 0 Å². The molecule has 0 unspecified atom stereocenters. The Morgan fingerprint density at radius 3 is 2.35 bits per heavy atom. The lowest BCUT2D eigenvalue weighted by Crippen LogP contribution is -2.47. The summed E-state index contributed by atoms with van der Waals surface area (Å²) in [6, 6.07) is 14.6. The minimum atomic E-state index is 0.109. The number of methoxy groups -OCH3 is 2. The molecule has 51 heavy (non-hydrogen) atoms. The molecule has 7 rings (SSSR count). The van der Waals surface area contributed by atoms with Gasteiger partial charge in [-0.3, -0.25) is 19.5 Å². The molecule has 2 saturated heterocycles. The Bertz CT molecular complexity index is 1960. The van der Waals surface area contributed by atoms with E-state index in [-0.39, 0.29) is 23.9 Å². The number of aromatic nitrogens is 3. The molecule has 2 amide bonds. The highest BCUT2D eigenvalue weighted by atomic mass is 35.5. The van der Waals surface area contributed by atoms with Crippen molar-refractivity contribution in [2.24, 2.45) is 0 Å². The van der Waals surface area contributed by atoms with Gasteiger partial charge in [-0.1, -0.05) is 48.0 Å². The first-order chi connectivity index (χ1) is 24.7. The lowest BCUT2D eigenvalue weighted by Gasteiger charge is -2.34. The third-order valence-electron chi connectivity index (χ3n) is 10.4. The Kier molecular flexibility index (Phi) is 10.2. The molecule has 3 aliphatic rings. The maximum absolute atomic E-state index is 11.7. The van der Waals surface area contributed by atoms with E-state index in [0.717, 1.165) is 83.7 Å². The Labute approximate surface area is 303 Å². The number of aryl methyl sites for hydroxylation is 1. The Hall–Kier alpha value is -4.58. The number of piperazine rings is 1. The predicted octanol–water partition coefficient (Wildman–Crippen LogP) is 5.37. The van der Waals surface area contributed by atoms with Crippen molar-refractivity contribution in [2.45, 2.75) is 58.2 Å². The molecule has 1 aliphatic carbocycles. The van der Waals surface area contributed by atoms with Crippen molar-refractivity contribution in [3.05, 3.63) is 76.1 Å². The second kappa shape index (κ2) is 15.0. The van der Waals surface area contributed by atoms with Gasteiger partial charge < -0.3 is 25.0 Å². The number of benzene rings is 2. The molecule has 2 atom stereocenters. The summed E-state index contributed by atoms with van der Waals surface area (Å²) in [6.07, 6.45) is 5.08. The van der Waals surface area contributed by atoms with Crippen LogP contribution in [0.2, 0.25) is 5.02 Å². The number of fused-ring (bicyclic) bond motifs is 1. The van der Waals surface area contributed by atoms with Gasteiger partial charge in [0, 0.05) is 87.0 Å². The van der Waals surface area contributed by atoms with Crippen LogP contribution in [0.1, 0.15) is 54.6 Å². The molecule has 266 valence electrons. The number of carbonyl (C=O) groups excluding carboxylic acids is 2. The molecule has 0 bridgehead atoms. The van der Waals surface area contributed by atoms with E-state index in [1.165, 1.54) is 5.56 Å². The van der Waals surface area contributed by atoms with Gasteiger partial charge in [-0.15, -0.1) is 0 Å². The molecule has 4 aromatic rings. The first-order valence-electron chi connectivity index (χ1n) is 17.6. The van der Waals surface area contributed by atoms with Crippen LogP contribution in [-0.4, -0.2) is 89.6 Å². The summed E-state index contributed by atoms with van der Waals surface area (Å²) in [5.41, 5.74) is 9.21. The summed E-state index contributed by atoms with van der Waals surface area (Å²) in [4.78, 5) is 42.2. The maximum atomic E-state index is 11.7. The Morgan fingerprint density at radius 1 is 0.941 bits per heavy atom. The quantitative estimate of drug-likeness (QED) is 0.224. The summed E-state index contributed by atoms with van der Waals surface area (Å²) in [7, 11) is 3.28. The van der Waals surface area contributed by atoms with Gasteiger partial charge in [0.1, 0.15) is 5.69 Å². The lowest BCUT2D eigenvalue weighted by atomic mass is 9.93. The number of carbonyl (C=O) groups is 2. The maximum Gasteiger partial charge on any atom is 0.237 e. The fourth-order valence-electron chi connectivity index (χ4n) is 7.59. The molecule has 2 N–H and O–H groups in total. The Morgan fingerprint density at radius 2 is 1.65 bits per heavy atom. The molecular formula is C39H44ClN7O4. The molecule has 0 spiro atoms. The highest BCUT2D eigenvalue weighted by Crippen LogP contribution is 2.43. The highest BCUT2D eigenvalue weighted by molar-refractivity contribution is 6.36. The monoisotopic (exact) mass is 709 g/mol. The predicted molar refractivity (Wildman–Crippen MR) is 197 cm³/mol. The van der Waals surface area contributed by atoms with Gasteiger partial charge in [0.05, 0.1) is 36.8 Å². The van der Waals surface area contributed by atoms with E-state index >= 15 is 0 Å². The van der Waals surface area contributed by atoms with Crippen molar-refractivity contribution in [1.29, 1.82) is 0 Å². The van der Waals surface area contributed by atoms with Gasteiger partial charge in [-0.2, -0.15) is 0 Å². The van der Waals surface area contributed by atoms with Gasteiger partial charge in [0.2, 0.25) is 23.6 Å². The SMILES string of the molecule is COc1nc(-c2cccc(-c3cccc(-c4cc5c(c(OC)n4)[C@@H](NC[C@@H]4CCC(=O)N4)CC5)c3Cl)c2C)cnc1CN1CCN(C(C)=O)CC1. The lowest BCUT2D eigenvalue weighted by molar-refractivity contribution is -0.130. The van der Waals surface area contributed by atoms with E-state index in [2.05, 4.69) is 34.6 Å². The zero-order valence-corrected chi connectivity index (χ0v) is 30.3. The molecule has 0 saturated carbocycles. The average molecular weight is 710 g/mol. The average Bonchev–Trinajstić information content (AvgIpc) is 3.76. The molecular weight excluding hydrogens is 666 g/mol. The number of rotatable bonds is 10. The van der Waals surface area contributed by atoms with Crippen LogP contribution in [0.5, 0.6) is 11.8 Å². The van der Waals surface area contributed by atoms with Crippen molar-refractivity contribution in [3.8, 4) is 45.4 Å². The van der Waals surface area contributed by atoms with Crippen LogP contribution in [0.15, 0.2) is 48.7 Å². The van der Waals surface area contributed by atoms with E-state index in [4.69, 9.17) is 36.0 Å². The zero-order chi connectivity index (χ0) is 35.6. The molecule has 2 aromatic heterocycles. The number of nitrogens with zero attached hydrogens (tertiary/aromatic N) is 5. The van der Waals surface area contributed by atoms with E-state index in [1.54, 1.807) is 27.3 Å². The number of pyridine rings is 1. The fraction of sp³-hybridized carbons (Fsp3) is 0.410. The molecule has 2 fully saturated rings. The molecule has 2 aromatic carbocycles. The third-order valence-corrected chi connectivity index (χ3v) is 10.8. The van der Waals surface area contributed by atoms with Gasteiger partial charge in [-0.05, 0) is 48.9 Å². The third kappa shape index (κ3) is 7.15. The highest BCUT2D eigenvalue weighted by Gasteiger charge is 2.30.